The summed E-state index contributed by atoms with van der Waals surface area (Å²) < 4.78 is 5.64. The van der Waals surface area contributed by atoms with Crippen molar-refractivity contribution in [3.8, 4) is 5.75 Å². The molecule has 0 spiro atoms. The molecular weight excluding hydrogens is 305 g/mol. The van der Waals surface area contributed by atoms with Gasteiger partial charge in [-0.1, -0.05) is 36.0 Å². The van der Waals surface area contributed by atoms with Crippen molar-refractivity contribution >= 4 is 28.9 Å². The molecule has 0 aliphatic heterocycles. The van der Waals surface area contributed by atoms with Crippen molar-refractivity contribution in [3.05, 3.63) is 32.3 Å². The average Bonchev–Trinajstić information content (AvgIpc) is 2.59. The van der Waals surface area contributed by atoms with E-state index in [1.807, 2.05) is 0 Å². The number of benzene rings is 1. The zero-order chi connectivity index (χ0) is 14.7. The van der Waals surface area contributed by atoms with Crippen LogP contribution in [0.25, 0.3) is 0 Å². The highest BCUT2D eigenvalue weighted by Crippen LogP contribution is 2.37. The maximum Gasteiger partial charge on any atom is 0.312 e. The van der Waals surface area contributed by atoms with Crippen LogP contribution in [0.2, 0.25) is 10.0 Å². The van der Waals surface area contributed by atoms with Gasteiger partial charge in [0.15, 0.2) is 5.75 Å². The molecule has 1 saturated carbocycles. The summed E-state index contributed by atoms with van der Waals surface area (Å²) in [4.78, 5) is 10.5. The molecule has 1 fully saturated rings. The molecule has 2 rings (SSSR count). The van der Waals surface area contributed by atoms with Crippen LogP contribution in [0.5, 0.6) is 5.75 Å². The maximum atomic E-state index is 11.0. The van der Waals surface area contributed by atoms with Crippen LogP contribution in [0, 0.1) is 10.1 Å². The summed E-state index contributed by atoms with van der Waals surface area (Å²) in [5, 5.41) is 21.3. The van der Waals surface area contributed by atoms with Crippen molar-refractivity contribution in [3.63, 3.8) is 0 Å². The van der Waals surface area contributed by atoms with Crippen molar-refractivity contribution in [1.82, 2.24) is 0 Å². The predicted octanol–water partition coefficient (Wildman–Crippen LogP) is 3.97. The number of aliphatic hydroxyl groups is 1. The van der Waals surface area contributed by atoms with Gasteiger partial charge in [-0.05, 0) is 19.3 Å². The Labute approximate surface area is 126 Å². The summed E-state index contributed by atoms with van der Waals surface area (Å²) >= 11 is 11.7. The Balaban J connectivity index is 2.27. The van der Waals surface area contributed by atoms with Crippen LogP contribution < -0.4 is 4.74 Å². The molecule has 5 nitrogen and oxygen atoms in total. The third-order valence-corrected chi connectivity index (χ3v) is 4.12. The fourth-order valence-corrected chi connectivity index (χ4v) is 2.62. The van der Waals surface area contributed by atoms with Gasteiger partial charge in [0.1, 0.15) is 6.10 Å². The van der Waals surface area contributed by atoms with Gasteiger partial charge in [-0.25, -0.2) is 0 Å². The van der Waals surface area contributed by atoms with E-state index < -0.39 is 17.1 Å². The molecule has 1 N–H and O–H groups in total. The molecule has 110 valence electrons. The number of ether oxygens (including phenoxy) is 1. The number of hydrogen-bond donors (Lipinski definition) is 1. The van der Waals surface area contributed by atoms with Crippen LogP contribution in [-0.4, -0.2) is 22.2 Å². The first-order chi connectivity index (χ1) is 9.49. The van der Waals surface area contributed by atoms with Crippen molar-refractivity contribution in [2.24, 2.45) is 0 Å². The topological polar surface area (TPSA) is 72.6 Å². The standard InChI is InChI=1S/C13H15Cl2NO4/c14-8-6-10(16(18)19)13(7-9(8)15)20-12-5-3-1-2-4-11(12)17/h6-7,11-12,17H,1-5H2. The van der Waals surface area contributed by atoms with E-state index in [0.29, 0.717) is 12.8 Å². The second-order valence-corrected chi connectivity index (χ2v) is 5.67. The normalized spacial score (nSPS) is 23.1. The van der Waals surface area contributed by atoms with Gasteiger partial charge in [-0.15, -0.1) is 0 Å². The second kappa shape index (κ2) is 6.61. The fraction of sp³-hybridized carbons (Fsp3) is 0.538. The van der Waals surface area contributed by atoms with E-state index in [2.05, 4.69) is 0 Å². The first kappa shape index (κ1) is 15.4. The third-order valence-electron chi connectivity index (χ3n) is 3.39. The molecule has 0 heterocycles. The molecule has 1 aromatic carbocycles. The van der Waals surface area contributed by atoms with E-state index in [0.717, 1.165) is 19.3 Å². The Kier molecular flexibility index (Phi) is 5.07. The molecule has 1 aliphatic rings. The molecule has 20 heavy (non-hydrogen) atoms. The molecular formula is C13H15Cl2NO4. The Hall–Kier alpha value is -1.04. The van der Waals surface area contributed by atoms with Crippen molar-refractivity contribution < 1.29 is 14.8 Å². The molecule has 0 bridgehead atoms. The van der Waals surface area contributed by atoms with Gasteiger partial charge < -0.3 is 9.84 Å². The van der Waals surface area contributed by atoms with Crippen LogP contribution in [0.1, 0.15) is 32.1 Å². The summed E-state index contributed by atoms with van der Waals surface area (Å²) in [6.07, 6.45) is 3.13. The summed E-state index contributed by atoms with van der Waals surface area (Å²) in [6.45, 7) is 0. The molecule has 2 atom stereocenters. The minimum absolute atomic E-state index is 0.0513. The zero-order valence-corrected chi connectivity index (χ0v) is 12.2. The number of rotatable bonds is 3. The minimum atomic E-state index is -0.619. The van der Waals surface area contributed by atoms with Gasteiger partial charge >= 0.3 is 5.69 Å². The van der Waals surface area contributed by atoms with Gasteiger partial charge in [0.05, 0.1) is 21.1 Å². The quantitative estimate of drug-likeness (QED) is 0.519. The Morgan fingerprint density at radius 3 is 2.55 bits per heavy atom. The first-order valence-electron chi connectivity index (χ1n) is 6.47. The maximum absolute atomic E-state index is 11.0. The number of halogens is 2. The predicted molar refractivity (Wildman–Crippen MR) is 76.6 cm³/mol. The largest absolute Gasteiger partial charge is 0.481 e. The Bertz CT molecular complexity index is 509. The van der Waals surface area contributed by atoms with Gasteiger partial charge in [-0.3, -0.25) is 10.1 Å². The highest BCUT2D eigenvalue weighted by molar-refractivity contribution is 6.42. The summed E-state index contributed by atoms with van der Waals surface area (Å²) in [5.41, 5.74) is -0.240. The van der Waals surface area contributed by atoms with E-state index in [1.165, 1.54) is 12.1 Å². The van der Waals surface area contributed by atoms with Gasteiger partial charge in [0, 0.05) is 12.1 Å². The molecule has 2 unspecified atom stereocenters. The van der Waals surface area contributed by atoms with E-state index in [4.69, 9.17) is 27.9 Å². The van der Waals surface area contributed by atoms with Crippen molar-refractivity contribution in [2.75, 3.05) is 0 Å². The highest BCUT2D eigenvalue weighted by Gasteiger charge is 2.27. The summed E-state index contributed by atoms with van der Waals surface area (Å²) in [5.74, 6) is 0.0513. The Morgan fingerprint density at radius 2 is 1.85 bits per heavy atom. The third kappa shape index (κ3) is 3.53. The van der Waals surface area contributed by atoms with Crippen molar-refractivity contribution in [1.29, 1.82) is 0 Å². The van der Waals surface area contributed by atoms with Crippen molar-refractivity contribution in [2.45, 2.75) is 44.3 Å². The number of nitro groups is 1. The molecule has 7 heteroatoms. The molecule has 1 aliphatic carbocycles. The SMILES string of the molecule is O=[N+]([O-])c1cc(Cl)c(Cl)cc1OC1CCCCCC1O. The number of aliphatic hydroxyl groups excluding tert-OH is 1. The lowest BCUT2D eigenvalue weighted by molar-refractivity contribution is -0.386. The summed E-state index contributed by atoms with van der Waals surface area (Å²) in [6, 6.07) is 2.50. The van der Waals surface area contributed by atoms with E-state index in [9.17, 15) is 15.2 Å². The smallest absolute Gasteiger partial charge is 0.312 e. The number of nitrogens with zero attached hydrogens (tertiary/aromatic N) is 1. The van der Waals surface area contributed by atoms with Crippen LogP contribution in [0.4, 0.5) is 5.69 Å². The molecule has 1 aromatic rings. The van der Waals surface area contributed by atoms with E-state index in [-0.39, 0.29) is 21.5 Å². The second-order valence-electron chi connectivity index (χ2n) is 4.85. The minimum Gasteiger partial charge on any atom is -0.481 e. The first-order valence-corrected chi connectivity index (χ1v) is 7.23. The van der Waals surface area contributed by atoms with Gasteiger partial charge in [0.25, 0.3) is 0 Å². The lowest BCUT2D eigenvalue weighted by atomic mass is 10.1. The van der Waals surface area contributed by atoms with E-state index in [1.54, 1.807) is 0 Å². The van der Waals surface area contributed by atoms with Crippen LogP contribution >= 0.6 is 23.2 Å². The Morgan fingerprint density at radius 1 is 1.20 bits per heavy atom. The van der Waals surface area contributed by atoms with Crippen LogP contribution in [0.3, 0.4) is 0 Å². The van der Waals surface area contributed by atoms with Gasteiger partial charge in [0.2, 0.25) is 0 Å². The molecule has 0 radical (unpaired) electrons. The summed E-state index contributed by atoms with van der Waals surface area (Å²) in [7, 11) is 0. The fourth-order valence-electron chi connectivity index (χ4n) is 2.31. The molecule has 0 saturated heterocycles. The average molecular weight is 320 g/mol. The van der Waals surface area contributed by atoms with Crippen LogP contribution in [0.15, 0.2) is 12.1 Å². The van der Waals surface area contributed by atoms with Gasteiger partial charge in [-0.2, -0.15) is 0 Å². The van der Waals surface area contributed by atoms with Crippen LogP contribution in [-0.2, 0) is 0 Å². The molecule has 0 amide bonds. The highest BCUT2D eigenvalue weighted by atomic mass is 35.5. The monoisotopic (exact) mass is 319 g/mol. The molecule has 0 aromatic heterocycles. The lowest BCUT2D eigenvalue weighted by Gasteiger charge is -2.22. The zero-order valence-electron chi connectivity index (χ0n) is 10.7. The lowest BCUT2D eigenvalue weighted by Crippen LogP contribution is -2.30. The number of nitro benzene ring substituents is 1. The number of hydrogen-bond acceptors (Lipinski definition) is 4. The van der Waals surface area contributed by atoms with E-state index >= 15 is 0 Å².